The second-order valence-electron chi connectivity index (χ2n) is 13.4. The molecule has 0 radical (unpaired) electrons. The van der Waals surface area contributed by atoms with Crippen molar-refractivity contribution >= 4 is 29.3 Å². The third-order valence-electron chi connectivity index (χ3n) is 9.91. The molecule has 0 saturated heterocycles. The first kappa shape index (κ1) is 36.5. The molecule has 4 aromatic rings. The van der Waals surface area contributed by atoms with E-state index in [1.54, 1.807) is 0 Å². The zero-order chi connectivity index (χ0) is 38.6. The van der Waals surface area contributed by atoms with Gasteiger partial charge in [-0.2, -0.15) is 26.3 Å². The van der Waals surface area contributed by atoms with Gasteiger partial charge in [-0.3, -0.25) is 24.1 Å². The Balaban J connectivity index is 1.50. The quantitative estimate of drug-likeness (QED) is 0.163. The van der Waals surface area contributed by atoms with E-state index in [-0.39, 0.29) is 44.5 Å². The summed E-state index contributed by atoms with van der Waals surface area (Å²) in [4.78, 5) is 54.1. The minimum absolute atomic E-state index is 0.0149. The van der Waals surface area contributed by atoms with Crippen LogP contribution in [0.2, 0.25) is 0 Å². The Morgan fingerprint density at radius 2 is 0.904 bits per heavy atom. The number of anilines is 1. The monoisotopic (exact) mass is 724 g/mol. The average Bonchev–Trinajstić information content (AvgIpc) is 3.42. The fourth-order valence-corrected chi connectivity index (χ4v) is 6.71. The number of halogens is 6. The van der Waals surface area contributed by atoms with Crippen LogP contribution >= 0.6 is 0 Å². The van der Waals surface area contributed by atoms with Crippen LogP contribution in [0.25, 0.3) is 22.3 Å². The van der Waals surface area contributed by atoms with Gasteiger partial charge in [-0.25, -0.2) is 4.90 Å². The van der Waals surface area contributed by atoms with Crippen LogP contribution in [0, 0.1) is 20.8 Å². The molecule has 4 amide bonds. The summed E-state index contributed by atoms with van der Waals surface area (Å²) in [7, 11) is 1.33. The number of carbonyl (C=O) groups is 4. The van der Waals surface area contributed by atoms with Gasteiger partial charge in [0.2, 0.25) is 0 Å². The summed E-state index contributed by atoms with van der Waals surface area (Å²) < 4.78 is 85.3. The van der Waals surface area contributed by atoms with E-state index in [2.05, 4.69) is 0 Å². The molecule has 6 rings (SSSR count). The molecule has 0 fully saturated rings. The van der Waals surface area contributed by atoms with Crippen LogP contribution in [0.1, 0.15) is 83.1 Å². The molecule has 0 aromatic heterocycles. The first-order valence-corrected chi connectivity index (χ1v) is 15.7. The van der Waals surface area contributed by atoms with E-state index in [0.717, 1.165) is 23.1 Å². The second kappa shape index (κ2) is 11.6. The fourth-order valence-electron chi connectivity index (χ4n) is 6.71. The maximum Gasteiger partial charge on any atom is 0.421 e. The van der Waals surface area contributed by atoms with Gasteiger partial charge in [0.1, 0.15) is 0 Å². The van der Waals surface area contributed by atoms with Gasteiger partial charge in [-0.15, -0.1) is 0 Å². The van der Waals surface area contributed by atoms with Crippen molar-refractivity contribution in [3.05, 3.63) is 111 Å². The van der Waals surface area contributed by atoms with Crippen molar-refractivity contribution in [2.24, 2.45) is 0 Å². The van der Waals surface area contributed by atoms with Gasteiger partial charge in [-0.1, -0.05) is 18.2 Å². The standard InChI is InChI=1S/C38H30F6N2O6/c1-17-11-19(3)28(35(4,51)37(39,40)41)15-24(17)25-16-29(36(5,52)38(42,43)44)30(12-18(25)2)46-33(49)23-10-8-21(14-27(23)34(46)50)20-7-9-22-26(13-20)32(48)45(6)31(22)47/h7-16,51-52H,1-6H3. The summed E-state index contributed by atoms with van der Waals surface area (Å²) >= 11 is 0. The van der Waals surface area contributed by atoms with Crippen LogP contribution < -0.4 is 4.90 Å². The SMILES string of the molecule is Cc1cc(C)c(C(C)(O)C(F)(F)F)cc1-c1cc(C(C)(O)C(F)(F)F)c(N2C(=O)c3ccc(-c4ccc5c(c4)C(=O)N(C)C5=O)cc3C2=O)cc1C. The number of imide groups is 2. The van der Waals surface area contributed by atoms with Crippen LogP contribution in [0.3, 0.4) is 0 Å². The van der Waals surface area contributed by atoms with Crippen molar-refractivity contribution in [2.45, 2.75) is 58.2 Å². The smallest absolute Gasteiger partial charge is 0.376 e. The largest absolute Gasteiger partial charge is 0.421 e. The Hall–Kier alpha value is -5.34. The number of hydrogen-bond donors (Lipinski definition) is 2. The van der Waals surface area contributed by atoms with Gasteiger partial charge < -0.3 is 10.2 Å². The molecule has 0 spiro atoms. The Morgan fingerprint density at radius 3 is 1.42 bits per heavy atom. The van der Waals surface area contributed by atoms with Gasteiger partial charge >= 0.3 is 12.4 Å². The van der Waals surface area contributed by atoms with E-state index in [1.807, 2.05) is 0 Å². The van der Waals surface area contributed by atoms with Gasteiger partial charge in [0, 0.05) is 12.6 Å². The molecule has 270 valence electrons. The number of rotatable bonds is 5. The van der Waals surface area contributed by atoms with Crippen LogP contribution in [0.5, 0.6) is 0 Å². The third-order valence-corrected chi connectivity index (χ3v) is 9.91. The van der Waals surface area contributed by atoms with Crippen LogP contribution in [0.4, 0.5) is 32.0 Å². The van der Waals surface area contributed by atoms with Crippen molar-refractivity contribution in [1.29, 1.82) is 0 Å². The van der Waals surface area contributed by atoms with Crippen molar-refractivity contribution < 1.29 is 55.7 Å². The minimum atomic E-state index is -5.35. The molecule has 2 N–H and O–H groups in total. The second-order valence-corrected chi connectivity index (χ2v) is 13.4. The zero-order valence-corrected chi connectivity index (χ0v) is 28.5. The summed E-state index contributed by atoms with van der Waals surface area (Å²) in [6.45, 7) is 5.26. The van der Waals surface area contributed by atoms with Crippen molar-refractivity contribution in [3.8, 4) is 22.3 Å². The number of nitrogens with zero attached hydrogens (tertiary/aromatic N) is 2. The van der Waals surface area contributed by atoms with Gasteiger partial charge in [0.05, 0.1) is 27.9 Å². The van der Waals surface area contributed by atoms with Gasteiger partial charge in [0.25, 0.3) is 23.6 Å². The van der Waals surface area contributed by atoms with Crippen LogP contribution in [0.15, 0.2) is 60.7 Å². The number of carbonyl (C=O) groups excluding carboxylic acids is 4. The average molecular weight is 725 g/mol. The fraction of sp³-hybridized carbons (Fsp3) is 0.263. The highest BCUT2D eigenvalue weighted by Gasteiger charge is 2.54. The number of benzene rings is 4. The molecule has 0 aliphatic carbocycles. The van der Waals surface area contributed by atoms with E-state index < -0.39 is 64.0 Å². The van der Waals surface area contributed by atoms with E-state index in [4.69, 9.17) is 0 Å². The highest BCUT2D eigenvalue weighted by Crippen LogP contribution is 2.48. The molecule has 2 atom stereocenters. The maximum atomic E-state index is 14.5. The van der Waals surface area contributed by atoms with E-state index in [1.165, 1.54) is 70.3 Å². The number of aliphatic hydroxyl groups is 2. The van der Waals surface area contributed by atoms with Crippen molar-refractivity contribution in [2.75, 3.05) is 11.9 Å². The molecular weight excluding hydrogens is 694 g/mol. The molecule has 4 aromatic carbocycles. The van der Waals surface area contributed by atoms with E-state index in [0.29, 0.717) is 35.4 Å². The van der Waals surface area contributed by atoms with Crippen molar-refractivity contribution in [3.63, 3.8) is 0 Å². The summed E-state index contributed by atoms with van der Waals surface area (Å²) in [6, 6.07) is 12.9. The normalized spacial score (nSPS) is 17.0. The predicted octanol–water partition coefficient (Wildman–Crippen LogP) is 7.51. The maximum absolute atomic E-state index is 14.5. The number of aryl methyl sites for hydroxylation is 3. The lowest BCUT2D eigenvalue weighted by Crippen LogP contribution is -2.42. The molecule has 52 heavy (non-hydrogen) atoms. The van der Waals surface area contributed by atoms with E-state index in [9.17, 15) is 55.7 Å². The van der Waals surface area contributed by atoms with Crippen molar-refractivity contribution in [1.82, 2.24) is 4.90 Å². The highest BCUT2D eigenvalue weighted by atomic mass is 19.4. The van der Waals surface area contributed by atoms with Crippen LogP contribution in [-0.2, 0) is 11.2 Å². The summed E-state index contributed by atoms with van der Waals surface area (Å²) in [5.41, 5.74) is -7.83. The molecule has 2 heterocycles. The molecule has 2 aliphatic rings. The predicted molar refractivity (Wildman–Crippen MR) is 177 cm³/mol. The number of amides is 4. The molecule has 2 aliphatic heterocycles. The van der Waals surface area contributed by atoms with E-state index >= 15 is 0 Å². The number of hydrogen-bond acceptors (Lipinski definition) is 6. The lowest BCUT2D eigenvalue weighted by Gasteiger charge is -2.32. The number of alkyl halides is 6. The lowest BCUT2D eigenvalue weighted by molar-refractivity contribution is -0.259. The minimum Gasteiger partial charge on any atom is -0.376 e. The molecule has 14 heteroatoms. The molecule has 8 nitrogen and oxygen atoms in total. The Labute approximate surface area is 292 Å². The molecule has 0 bridgehead atoms. The Kier molecular flexibility index (Phi) is 8.12. The lowest BCUT2D eigenvalue weighted by atomic mass is 9.83. The highest BCUT2D eigenvalue weighted by molar-refractivity contribution is 6.35. The zero-order valence-electron chi connectivity index (χ0n) is 28.5. The Morgan fingerprint density at radius 1 is 0.500 bits per heavy atom. The Bertz CT molecular complexity index is 2270. The first-order valence-electron chi connectivity index (χ1n) is 15.7. The molecular formula is C38H30F6N2O6. The summed E-state index contributed by atoms with van der Waals surface area (Å²) in [6.07, 6.45) is -10.5. The van der Waals surface area contributed by atoms with Gasteiger partial charge in [0.15, 0.2) is 11.2 Å². The summed E-state index contributed by atoms with van der Waals surface area (Å²) in [5.74, 6) is -3.04. The third kappa shape index (κ3) is 5.31. The van der Waals surface area contributed by atoms with Crippen LogP contribution in [-0.4, -0.2) is 58.1 Å². The number of fused-ring (bicyclic) bond motifs is 2. The molecule has 0 saturated carbocycles. The molecule has 2 unspecified atom stereocenters. The topological polar surface area (TPSA) is 115 Å². The first-order chi connectivity index (χ1) is 23.9. The summed E-state index contributed by atoms with van der Waals surface area (Å²) in [5, 5.41) is 21.5. The van der Waals surface area contributed by atoms with Gasteiger partial charge in [-0.05, 0) is 122 Å².